The minimum Gasteiger partial charge on any atom is -0.454 e. The third-order valence-electron chi connectivity index (χ3n) is 5.80. The Labute approximate surface area is 195 Å². The van der Waals surface area contributed by atoms with Crippen LogP contribution >= 0.6 is 24.0 Å². The molecule has 1 atom stereocenters. The zero-order chi connectivity index (χ0) is 20.4. The summed E-state index contributed by atoms with van der Waals surface area (Å²) in [6, 6.07) is 6.19. The SMILES string of the molecule is CCNC(=NCC(C)(C)c1ccc2c(c1)OCO2)N1CCC(c2cnn(C)c2)C1.I. The van der Waals surface area contributed by atoms with Gasteiger partial charge in [0.2, 0.25) is 6.79 Å². The van der Waals surface area contributed by atoms with Gasteiger partial charge in [0.1, 0.15) is 0 Å². The van der Waals surface area contributed by atoms with Crippen LogP contribution in [0.25, 0.3) is 0 Å². The fourth-order valence-electron chi connectivity index (χ4n) is 3.98. The second kappa shape index (κ2) is 9.45. The van der Waals surface area contributed by atoms with Crippen LogP contribution in [-0.2, 0) is 12.5 Å². The zero-order valence-corrected chi connectivity index (χ0v) is 20.6. The van der Waals surface area contributed by atoms with E-state index in [0.29, 0.717) is 19.3 Å². The molecule has 0 radical (unpaired) electrons. The number of hydrogen-bond donors (Lipinski definition) is 1. The minimum absolute atomic E-state index is 0. The molecule has 0 saturated carbocycles. The molecule has 0 aliphatic carbocycles. The van der Waals surface area contributed by atoms with Crippen molar-refractivity contribution in [1.29, 1.82) is 0 Å². The zero-order valence-electron chi connectivity index (χ0n) is 18.2. The molecule has 1 aromatic carbocycles. The summed E-state index contributed by atoms with van der Waals surface area (Å²) in [6.07, 6.45) is 5.24. The summed E-state index contributed by atoms with van der Waals surface area (Å²) >= 11 is 0. The van der Waals surface area contributed by atoms with Crippen LogP contribution in [0.1, 0.15) is 44.2 Å². The van der Waals surface area contributed by atoms with E-state index < -0.39 is 0 Å². The van der Waals surface area contributed by atoms with Gasteiger partial charge in [-0.05, 0) is 36.6 Å². The van der Waals surface area contributed by atoms with Crippen molar-refractivity contribution >= 4 is 29.9 Å². The van der Waals surface area contributed by atoms with Crippen molar-refractivity contribution in [2.45, 2.75) is 38.5 Å². The van der Waals surface area contributed by atoms with Gasteiger partial charge in [-0.3, -0.25) is 9.67 Å². The average molecular weight is 525 g/mol. The van der Waals surface area contributed by atoms with Gasteiger partial charge in [0, 0.05) is 44.2 Å². The second-order valence-electron chi connectivity index (χ2n) is 8.50. The standard InChI is InChI=1S/C22H31N5O2.HI/c1-5-23-21(27-9-8-16(13-27)17-11-25-26(4)12-17)24-14-22(2,3)18-6-7-19-20(10-18)29-15-28-19;/h6-7,10-12,16H,5,8-9,13-15H2,1-4H3,(H,23,24);1H. The molecule has 7 nitrogen and oxygen atoms in total. The van der Waals surface area contributed by atoms with Crippen molar-refractivity contribution in [3.05, 3.63) is 41.7 Å². The van der Waals surface area contributed by atoms with Gasteiger partial charge in [0.05, 0.1) is 12.7 Å². The fraction of sp³-hybridized carbons (Fsp3) is 0.545. The first-order valence-corrected chi connectivity index (χ1v) is 10.4. The Kier molecular flexibility index (Phi) is 7.15. The van der Waals surface area contributed by atoms with Crippen LogP contribution in [0.3, 0.4) is 0 Å². The number of benzene rings is 1. The molecule has 8 heteroatoms. The first kappa shape index (κ1) is 22.7. The van der Waals surface area contributed by atoms with Gasteiger partial charge in [-0.1, -0.05) is 19.9 Å². The second-order valence-corrected chi connectivity index (χ2v) is 8.50. The summed E-state index contributed by atoms with van der Waals surface area (Å²) in [7, 11) is 1.97. The number of aromatic nitrogens is 2. The van der Waals surface area contributed by atoms with Crippen molar-refractivity contribution in [2.75, 3.05) is 33.0 Å². The van der Waals surface area contributed by atoms with E-state index in [-0.39, 0.29) is 29.4 Å². The van der Waals surface area contributed by atoms with E-state index in [0.717, 1.165) is 43.5 Å². The fourth-order valence-corrected chi connectivity index (χ4v) is 3.98. The Morgan fingerprint density at radius 1 is 1.30 bits per heavy atom. The molecule has 1 aromatic heterocycles. The van der Waals surface area contributed by atoms with Crippen molar-refractivity contribution in [3.8, 4) is 11.5 Å². The van der Waals surface area contributed by atoms with Crippen LogP contribution in [0.15, 0.2) is 35.6 Å². The molecule has 1 N–H and O–H groups in total. The number of aryl methyl sites for hydroxylation is 1. The van der Waals surface area contributed by atoms with Gasteiger partial charge in [-0.15, -0.1) is 24.0 Å². The molecular formula is C22H32IN5O2. The van der Waals surface area contributed by atoms with Crippen LogP contribution in [0, 0.1) is 0 Å². The van der Waals surface area contributed by atoms with Crippen molar-refractivity contribution in [3.63, 3.8) is 0 Å². The molecule has 30 heavy (non-hydrogen) atoms. The Morgan fingerprint density at radius 2 is 2.10 bits per heavy atom. The number of nitrogens with zero attached hydrogens (tertiary/aromatic N) is 4. The molecule has 164 valence electrons. The Bertz CT molecular complexity index is 895. The van der Waals surface area contributed by atoms with E-state index in [4.69, 9.17) is 14.5 Å². The van der Waals surface area contributed by atoms with Crippen LogP contribution in [0.4, 0.5) is 0 Å². The lowest BCUT2D eigenvalue weighted by molar-refractivity contribution is 0.174. The highest BCUT2D eigenvalue weighted by molar-refractivity contribution is 14.0. The third kappa shape index (κ3) is 4.84. The summed E-state index contributed by atoms with van der Waals surface area (Å²) in [4.78, 5) is 7.38. The highest BCUT2D eigenvalue weighted by atomic mass is 127. The predicted molar refractivity (Wildman–Crippen MR) is 129 cm³/mol. The van der Waals surface area contributed by atoms with Crippen LogP contribution in [0.5, 0.6) is 11.5 Å². The molecule has 0 amide bonds. The molecule has 2 aliphatic rings. The first-order valence-electron chi connectivity index (χ1n) is 10.4. The smallest absolute Gasteiger partial charge is 0.231 e. The molecule has 1 unspecified atom stereocenters. The number of nitrogens with one attached hydrogen (secondary N) is 1. The summed E-state index contributed by atoms with van der Waals surface area (Å²) in [5.74, 6) is 3.15. The van der Waals surface area contributed by atoms with E-state index in [1.807, 2.05) is 24.0 Å². The summed E-state index contributed by atoms with van der Waals surface area (Å²) in [5.41, 5.74) is 2.41. The lowest BCUT2D eigenvalue weighted by Gasteiger charge is -2.26. The van der Waals surface area contributed by atoms with E-state index in [1.54, 1.807) is 0 Å². The predicted octanol–water partition coefficient (Wildman–Crippen LogP) is 3.50. The largest absolute Gasteiger partial charge is 0.454 e. The molecule has 0 bridgehead atoms. The van der Waals surface area contributed by atoms with Crippen molar-refractivity contribution in [1.82, 2.24) is 20.0 Å². The van der Waals surface area contributed by atoms with Gasteiger partial charge in [0.25, 0.3) is 0 Å². The maximum atomic E-state index is 5.55. The number of likely N-dealkylation sites (tertiary alicyclic amines) is 1. The maximum absolute atomic E-state index is 5.55. The number of rotatable bonds is 5. The summed E-state index contributed by atoms with van der Waals surface area (Å²) < 4.78 is 12.9. The number of aliphatic imine (C=N–C) groups is 1. The molecule has 4 rings (SSSR count). The molecule has 2 aromatic rings. The number of halogens is 1. The highest BCUT2D eigenvalue weighted by Gasteiger charge is 2.28. The van der Waals surface area contributed by atoms with E-state index in [2.05, 4.69) is 54.4 Å². The molecule has 1 fully saturated rings. The number of ether oxygens (including phenoxy) is 2. The van der Waals surface area contributed by atoms with Gasteiger partial charge >= 0.3 is 0 Å². The molecule has 2 aliphatic heterocycles. The topological polar surface area (TPSA) is 63.9 Å². The third-order valence-corrected chi connectivity index (χ3v) is 5.80. The van der Waals surface area contributed by atoms with Gasteiger partial charge in [0.15, 0.2) is 17.5 Å². The van der Waals surface area contributed by atoms with Crippen molar-refractivity contribution in [2.24, 2.45) is 12.0 Å². The maximum Gasteiger partial charge on any atom is 0.231 e. The normalized spacial score (nSPS) is 18.5. The van der Waals surface area contributed by atoms with E-state index in [1.165, 1.54) is 11.1 Å². The molecule has 0 spiro atoms. The lowest BCUT2D eigenvalue weighted by Crippen LogP contribution is -2.41. The number of hydrogen-bond acceptors (Lipinski definition) is 4. The number of fused-ring (bicyclic) bond motifs is 1. The minimum atomic E-state index is -0.107. The Balaban J connectivity index is 0.00000256. The van der Waals surface area contributed by atoms with Crippen LogP contribution in [0.2, 0.25) is 0 Å². The quantitative estimate of drug-likeness (QED) is 0.368. The Hall–Kier alpha value is -1.97. The van der Waals surface area contributed by atoms with Gasteiger partial charge < -0.3 is 19.7 Å². The Morgan fingerprint density at radius 3 is 2.83 bits per heavy atom. The molecule has 1 saturated heterocycles. The van der Waals surface area contributed by atoms with E-state index in [9.17, 15) is 0 Å². The summed E-state index contributed by atoms with van der Waals surface area (Å²) in [5, 5.41) is 7.81. The average Bonchev–Trinajstić information content (AvgIpc) is 3.44. The van der Waals surface area contributed by atoms with Gasteiger partial charge in [-0.2, -0.15) is 5.10 Å². The molecular weight excluding hydrogens is 493 g/mol. The van der Waals surface area contributed by atoms with E-state index >= 15 is 0 Å². The van der Waals surface area contributed by atoms with Crippen LogP contribution in [-0.4, -0.2) is 53.6 Å². The summed E-state index contributed by atoms with van der Waals surface area (Å²) in [6.45, 7) is 10.4. The van der Waals surface area contributed by atoms with Crippen molar-refractivity contribution < 1.29 is 9.47 Å². The monoisotopic (exact) mass is 525 g/mol. The number of guanidine groups is 1. The lowest BCUT2D eigenvalue weighted by atomic mass is 9.84. The molecule has 3 heterocycles. The van der Waals surface area contributed by atoms with Crippen LogP contribution < -0.4 is 14.8 Å². The van der Waals surface area contributed by atoms with Gasteiger partial charge in [-0.25, -0.2) is 0 Å². The first-order chi connectivity index (χ1) is 14.0. The highest BCUT2D eigenvalue weighted by Crippen LogP contribution is 2.36.